The van der Waals surface area contributed by atoms with Crippen LogP contribution < -0.4 is 4.43 Å². The second kappa shape index (κ2) is 2.92. The molecule has 62 valence electrons. The van der Waals surface area contributed by atoms with Gasteiger partial charge in [0.25, 0.3) is 0 Å². The first-order valence-electron chi connectivity index (χ1n) is 4.72. The normalized spacial score (nSPS) is 11.3. The molecule has 0 aliphatic rings. The third kappa shape index (κ3) is 1.18. The molecule has 0 bridgehead atoms. The summed E-state index contributed by atoms with van der Waals surface area (Å²) >= 11 is 1.98. The van der Waals surface area contributed by atoms with Crippen LogP contribution in [0.2, 0.25) is 0 Å². The molecular formula is C12H7LiO. The minimum absolute atomic E-state index is 0.968. The summed E-state index contributed by atoms with van der Waals surface area (Å²) in [6.07, 6.45) is 0. The van der Waals surface area contributed by atoms with Gasteiger partial charge in [0.05, 0.1) is 0 Å². The Bertz CT molecular complexity index is 557. The van der Waals surface area contributed by atoms with Gasteiger partial charge in [0.1, 0.15) is 0 Å². The molecule has 0 fully saturated rings. The molecule has 1 nitrogen and oxygen atoms in total. The average Bonchev–Trinajstić information content (AvgIpc) is 2.53. The van der Waals surface area contributed by atoms with Gasteiger partial charge in [-0.05, 0) is 0 Å². The molecule has 0 spiro atoms. The quantitative estimate of drug-likeness (QED) is 0.477. The number of hydrogen-bond acceptors (Lipinski definition) is 1. The minimum atomic E-state index is 0.968. The van der Waals surface area contributed by atoms with E-state index in [4.69, 9.17) is 4.42 Å². The maximum atomic E-state index is 5.58. The van der Waals surface area contributed by atoms with Gasteiger partial charge in [-0.1, -0.05) is 0 Å². The van der Waals surface area contributed by atoms with Crippen molar-refractivity contribution in [3.8, 4) is 0 Å². The number of rotatable bonds is 0. The predicted octanol–water partition coefficient (Wildman–Crippen LogP) is 2.38. The van der Waals surface area contributed by atoms with Crippen LogP contribution in [0.5, 0.6) is 0 Å². The molecule has 0 N–H and O–H groups in total. The van der Waals surface area contributed by atoms with Gasteiger partial charge in [0.15, 0.2) is 0 Å². The first-order valence-corrected chi connectivity index (χ1v) is 4.72. The van der Waals surface area contributed by atoms with E-state index in [1.165, 1.54) is 16.2 Å². The molecule has 1 aromatic heterocycles. The van der Waals surface area contributed by atoms with Crippen LogP contribution in [0.1, 0.15) is 0 Å². The Morgan fingerprint density at radius 3 is 2.36 bits per heavy atom. The summed E-state index contributed by atoms with van der Waals surface area (Å²) in [5, 5.41) is 3.68. The van der Waals surface area contributed by atoms with Gasteiger partial charge in [-0.25, -0.2) is 0 Å². The average molecular weight is 174 g/mol. The van der Waals surface area contributed by atoms with Gasteiger partial charge < -0.3 is 0 Å². The summed E-state index contributed by atoms with van der Waals surface area (Å²) in [7, 11) is 0. The van der Waals surface area contributed by atoms with Crippen LogP contribution in [0.25, 0.3) is 21.7 Å². The van der Waals surface area contributed by atoms with E-state index in [-0.39, 0.29) is 0 Å². The van der Waals surface area contributed by atoms with Crippen LogP contribution in [-0.2, 0) is 0 Å². The Kier molecular flexibility index (Phi) is 1.70. The van der Waals surface area contributed by atoms with Crippen LogP contribution in [-0.4, -0.2) is 17.7 Å². The first kappa shape index (κ1) is 8.17. The first-order chi connectivity index (χ1) is 6.83. The zero-order chi connectivity index (χ0) is 9.54. The van der Waals surface area contributed by atoms with Gasteiger partial charge in [0.2, 0.25) is 0 Å². The summed E-state index contributed by atoms with van der Waals surface area (Å²) in [6.45, 7) is 0. The fourth-order valence-electron chi connectivity index (χ4n) is 1.86. The molecule has 0 saturated heterocycles. The third-order valence-electron chi connectivity index (χ3n) is 2.51. The molecular weight excluding hydrogens is 167 g/mol. The number of fused-ring (bicyclic) bond motifs is 2. The van der Waals surface area contributed by atoms with Crippen LogP contribution in [0.3, 0.4) is 0 Å². The van der Waals surface area contributed by atoms with Crippen molar-refractivity contribution in [3.05, 3.63) is 42.5 Å². The summed E-state index contributed by atoms with van der Waals surface area (Å²) in [5.74, 6) is 0. The van der Waals surface area contributed by atoms with Crippen molar-refractivity contribution in [1.29, 1.82) is 0 Å². The van der Waals surface area contributed by atoms with Gasteiger partial charge in [0, 0.05) is 0 Å². The number of furan rings is 1. The van der Waals surface area contributed by atoms with Crippen molar-refractivity contribution in [1.82, 2.24) is 0 Å². The Hall–Kier alpha value is -1.16. The summed E-state index contributed by atoms with van der Waals surface area (Å²) < 4.78 is 6.54. The van der Waals surface area contributed by atoms with Crippen molar-refractivity contribution in [2.75, 3.05) is 0 Å². The molecule has 3 rings (SSSR count). The van der Waals surface area contributed by atoms with Crippen molar-refractivity contribution in [2.45, 2.75) is 0 Å². The van der Waals surface area contributed by atoms with Gasteiger partial charge in [-0.2, -0.15) is 0 Å². The molecule has 14 heavy (non-hydrogen) atoms. The second-order valence-corrected chi connectivity index (χ2v) is 3.59. The summed E-state index contributed by atoms with van der Waals surface area (Å²) in [4.78, 5) is 0. The van der Waals surface area contributed by atoms with Gasteiger partial charge >= 0.3 is 90.8 Å². The Morgan fingerprint density at radius 1 is 0.857 bits per heavy atom. The van der Waals surface area contributed by atoms with Crippen LogP contribution in [0.4, 0.5) is 0 Å². The van der Waals surface area contributed by atoms with Crippen molar-refractivity contribution < 1.29 is 4.42 Å². The molecule has 0 unspecified atom stereocenters. The van der Waals surface area contributed by atoms with Gasteiger partial charge in [-0.15, -0.1) is 0 Å². The van der Waals surface area contributed by atoms with Crippen LogP contribution >= 0.6 is 0 Å². The molecule has 2 aromatic carbocycles. The van der Waals surface area contributed by atoms with Gasteiger partial charge in [-0.3, -0.25) is 0 Å². The monoisotopic (exact) mass is 174 g/mol. The molecule has 0 radical (unpaired) electrons. The van der Waals surface area contributed by atoms with Crippen LogP contribution in [0, 0.1) is 0 Å². The number of hydrogen-bond donors (Lipinski definition) is 0. The molecule has 3 aromatic rings. The predicted molar refractivity (Wildman–Crippen MR) is 59.1 cm³/mol. The van der Waals surface area contributed by atoms with E-state index in [0.717, 1.165) is 10.0 Å². The summed E-state index contributed by atoms with van der Waals surface area (Å²) in [5.41, 5.74) is 0.973. The number of benzene rings is 2. The van der Waals surface area contributed by atoms with Crippen molar-refractivity contribution in [3.63, 3.8) is 0 Å². The molecule has 1 heterocycles. The fraction of sp³-hybridized carbons (Fsp3) is 0. The zero-order valence-electron chi connectivity index (χ0n) is 7.95. The topological polar surface area (TPSA) is 13.1 Å². The van der Waals surface area contributed by atoms with E-state index in [9.17, 15) is 0 Å². The van der Waals surface area contributed by atoms with Crippen molar-refractivity contribution >= 4 is 43.9 Å². The Labute approximate surface area is 90.9 Å². The zero-order valence-corrected chi connectivity index (χ0v) is 7.95. The maximum absolute atomic E-state index is 5.58. The SMILES string of the molecule is [Li][c]1cc2cc3ccccc3cc2o1. The molecule has 2 heteroatoms. The molecule has 0 amide bonds. The Balaban J connectivity index is 2.51. The van der Waals surface area contributed by atoms with E-state index >= 15 is 0 Å². The fourth-order valence-corrected chi connectivity index (χ4v) is 1.86. The molecule has 0 aliphatic carbocycles. The molecule has 0 atom stereocenters. The van der Waals surface area contributed by atoms with Crippen LogP contribution in [0.15, 0.2) is 46.9 Å². The van der Waals surface area contributed by atoms with Crippen molar-refractivity contribution in [2.24, 2.45) is 0 Å². The van der Waals surface area contributed by atoms with E-state index in [1.54, 1.807) is 0 Å². The standard InChI is InChI=1S/C12H7O.Li/c1-2-4-10-8-12-11(5-6-13-12)7-9(10)3-1;/h1-5,7-8H;. The molecule has 0 aliphatic heterocycles. The van der Waals surface area contributed by atoms with E-state index in [1.807, 2.05) is 23.8 Å². The van der Waals surface area contributed by atoms with E-state index in [0.29, 0.717) is 0 Å². The van der Waals surface area contributed by atoms with E-state index in [2.05, 4.69) is 36.4 Å². The third-order valence-corrected chi connectivity index (χ3v) is 2.51. The second-order valence-electron chi connectivity index (χ2n) is 3.59. The summed E-state index contributed by atoms with van der Waals surface area (Å²) in [6, 6.07) is 14.7. The Morgan fingerprint density at radius 2 is 1.57 bits per heavy atom. The molecule has 0 saturated carbocycles. The van der Waals surface area contributed by atoms with E-state index < -0.39 is 0 Å².